The summed E-state index contributed by atoms with van der Waals surface area (Å²) >= 11 is 0. The molecule has 0 radical (unpaired) electrons. The Bertz CT molecular complexity index is 2480. The number of fused-ring (bicyclic) bond motifs is 2. The molecule has 2 heteroatoms. The van der Waals surface area contributed by atoms with Gasteiger partial charge in [-0.15, -0.1) is 0 Å². The van der Waals surface area contributed by atoms with Gasteiger partial charge in [0.15, 0.2) is 0 Å². The summed E-state index contributed by atoms with van der Waals surface area (Å²) in [6.45, 7) is 0. The molecule has 246 valence electrons. The lowest BCUT2D eigenvalue weighted by molar-refractivity contribution is 0.628. The van der Waals surface area contributed by atoms with Gasteiger partial charge < -0.3 is 4.90 Å². The summed E-state index contributed by atoms with van der Waals surface area (Å²) < 4.78 is 14.2. The Morgan fingerprint density at radius 2 is 0.654 bits per heavy atom. The lowest BCUT2D eigenvalue weighted by Gasteiger charge is -2.26. The van der Waals surface area contributed by atoms with Gasteiger partial charge in [-0.2, -0.15) is 0 Å². The molecule has 9 rings (SSSR count). The maximum atomic E-state index is 14.2. The van der Waals surface area contributed by atoms with Gasteiger partial charge in [0.1, 0.15) is 5.82 Å². The fraction of sp³-hybridized carbons (Fsp3) is 0. The summed E-state index contributed by atoms with van der Waals surface area (Å²) in [5, 5.41) is 4.89. The highest BCUT2D eigenvalue weighted by molar-refractivity contribution is 6.01. The highest BCUT2D eigenvalue weighted by Crippen LogP contribution is 2.40. The minimum absolute atomic E-state index is 0.259. The number of benzene rings is 9. The van der Waals surface area contributed by atoms with Gasteiger partial charge in [-0.25, -0.2) is 4.39 Å². The first kappa shape index (κ1) is 31.2. The molecule has 0 bridgehead atoms. The summed E-state index contributed by atoms with van der Waals surface area (Å²) in [6, 6.07) is 71.4. The van der Waals surface area contributed by atoms with Gasteiger partial charge in [0.05, 0.1) is 0 Å². The van der Waals surface area contributed by atoms with Crippen molar-refractivity contribution in [1.29, 1.82) is 0 Å². The van der Waals surface area contributed by atoms with E-state index in [2.05, 4.69) is 187 Å². The minimum atomic E-state index is -0.259. The summed E-state index contributed by atoms with van der Waals surface area (Å²) in [4.78, 5) is 2.18. The van der Waals surface area contributed by atoms with Crippen molar-refractivity contribution in [3.63, 3.8) is 0 Å². The van der Waals surface area contributed by atoms with Gasteiger partial charge in [-0.05, 0) is 139 Å². The van der Waals surface area contributed by atoms with Crippen LogP contribution in [0.1, 0.15) is 0 Å². The molecule has 52 heavy (non-hydrogen) atoms. The van der Waals surface area contributed by atoms with Crippen LogP contribution in [0.4, 0.5) is 21.5 Å². The van der Waals surface area contributed by atoms with Crippen molar-refractivity contribution in [2.24, 2.45) is 0 Å². The molecule has 0 atom stereocenters. The largest absolute Gasteiger partial charge is 0.311 e. The molecule has 0 saturated heterocycles. The fourth-order valence-corrected chi connectivity index (χ4v) is 7.31. The Hall–Kier alpha value is -6.77. The summed E-state index contributed by atoms with van der Waals surface area (Å²) in [5.41, 5.74) is 12.3. The van der Waals surface area contributed by atoms with E-state index in [-0.39, 0.29) is 5.82 Å². The van der Waals surface area contributed by atoms with Crippen molar-refractivity contribution in [3.05, 3.63) is 212 Å². The first-order chi connectivity index (χ1) is 25.7. The van der Waals surface area contributed by atoms with Gasteiger partial charge in [-0.3, -0.25) is 0 Å². The second-order valence-corrected chi connectivity index (χ2v) is 13.1. The van der Waals surface area contributed by atoms with Crippen molar-refractivity contribution < 1.29 is 4.39 Å². The highest BCUT2D eigenvalue weighted by Gasteiger charge is 2.15. The molecule has 0 aliphatic carbocycles. The molecule has 0 aliphatic rings. The van der Waals surface area contributed by atoms with E-state index in [9.17, 15) is 4.39 Å². The topological polar surface area (TPSA) is 3.24 Å². The first-order valence-corrected chi connectivity index (χ1v) is 17.6. The second-order valence-electron chi connectivity index (χ2n) is 13.1. The van der Waals surface area contributed by atoms with Crippen molar-refractivity contribution >= 4 is 38.6 Å². The van der Waals surface area contributed by atoms with Crippen LogP contribution in [0.15, 0.2) is 206 Å². The van der Waals surface area contributed by atoms with E-state index in [1.165, 1.54) is 55.9 Å². The molecule has 0 spiro atoms. The lowest BCUT2D eigenvalue weighted by atomic mass is 9.93. The van der Waals surface area contributed by atoms with Crippen molar-refractivity contribution in [1.82, 2.24) is 0 Å². The van der Waals surface area contributed by atoms with Crippen LogP contribution < -0.4 is 4.90 Å². The zero-order valence-corrected chi connectivity index (χ0v) is 28.5. The van der Waals surface area contributed by atoms with E-state index in [1.54, 1.807) is 0 Å². The van der Waals surface area contributed by atoms with Crippen LogP contribution in [0.25, 0.3) is 66.1 Å². The third-order valence-electron chi connectivity index (χ3n) is 9.90. The van der Waals surface area contributed by atoms with Gasteiger partial charge in [0.25, 0.3) is 0 Å². The van der Waals surface area contributed by atoms with E-state index in [0.717, 1.165) is 39.3 Å². The monoisotopic (exact) mass is 667 g/mol. The predicted octanol–water partition coefficient (Wildman–Crippen LogP) is 14.3. The molecule has 0 heterocycles. The number of hydrogen-bond donors (Lipinski definition) is 0. The zero-order valence-electron chi connectivity index (χ0n) is 28.5. The smallest absolute Gasteiger partial charge is 0.123 e. The maximum absolute atomic E-state index is 14.2. The lowest BCUT2D eigenvalue weighted by Crippen LogP contribution is -2.09. The summed E-state index contributed by atoms with van der Waals surface area (Å²) in [7, 11) is 0. The highest BCUT2D eigenvalue weighted by atomic mass is 19.1. The zero-order chi connectivity index (χ0) is 34.9. The molecular formula is C50H34FN. The van der Waals surface area contributed by atoms with Gasteiger partial charge in [-0.1, -0.05) is 133 Å². The number of rotatable bonds is 7. The van der Waals surface area contributed by atoms with Crippen LogP contribution in [0.2, 0.25) is 0 Å². The van der Waals surface area contributed by atoms with Crippen LogP contribution in [0.5, 0.6) is 0 Å². The number of nitrogens with zero attached hydrogens (tertiary/aromatic N) is 1. The molecule has 0 N–H and O–H groups in total. The van der Waals surface area contributed by atoms with E-state index in [4.69, 9.17) is 0 Å². The van der Waals surface area contributed by atoms with Crippen LogP contribution in [-0.4, -0.2) is 0 Å². The molecule has 0 unspecified atom stereocenters. The first-order valence-electron chi connectivity index (χ1n) is 17.6. The second kappa shape index (κ2) is 13.5. The Labute approximate surface area is 303 Å². The van der Waals surface area contributed by atoms with Crippen molar-refractivity contribution in [2.45, 2.75) is 0 Å². The molecule has 0 saturated carbocycles. The van der Waals surface area contributed by atoms with Gasteiger partial charge >= 0.3 is 0 Å². The molecule has 0 fully saturated rings. The third kappa shape index (κ3) is 6.01. The molecular weight excluding hydrogens is 634 g/mol. The minimum Gasteiger partial charge on any atom is -0.311 e. The Kier molecular flexibility index (Phi) is 8.11. The summed E-state index contributed by atoms with van der Waals surface area (Å²) in [5.74, 6) is -0.259. The average Bonchev–Trinajstić information content (AvgIpc) is 3.22. The van der Waals surface area contributed by atoms with Gasteiger partial charge in [0.2, 0.25) is 0 Å². The van der Waals surface area contributed by atoms with Crippen LogP contribution in [0, 0.1) is 5.82 Å². The van der Waals surface area contributed by atoms with Crippen LogP contribution in [0.3, 0.4) is 0 Å². The third-order valence-corrected chi connectivity index (χ3v) is 9.90. The van der Waals surface area contributed by atoms with Crippen molar-refractivity contribution in [3.8, 4) is 44.5 Å². The van der Waals surface area contributed by atoms with E-state index in [1.807, 2.05) is 12.1 Å². The number of anilines is 3. The Morgan fingerprint density at radius 3 is 1.08 bits per heavy atom. The Morgan fingerprint density at radius 1 is 0.288 bits per heavy atom. The van der Waals surface area contributed by atoms with Crippen molar-refractivity contribution in [2.75, 3.05) is 4.90 Å². The number of hydrogen-bond acceptors (Lipinski definition) is 1. The molecule has 9 aromatic carbocycles. The van der Waals surface area contributed by atoms with E-state index >= 15 is 0 Å². The van der Waals surface area contributed by atoms with E-state index in [0.29, 0.717) is 0 Å². The van der Waals surface area contributed by atoms with E-state index < -0.39 is 0 Å². The standard InChI is InChI=1S/C50H34FN/c51-43-23-29-46(30-24-43)52(44-25-19-35(20-26-44)41-31-39-15-7-9-17-47(39)49(33-41)37-11-3-1-4-12-37)45-27-21-36(22-28-45)42-32-40-16-8-10-18-48(40)50(34-42)38-13-5-2-6-14-38/h1-34H. The average molecular weight is 668 g/mol. The summed E-state index contributed by atoms with van der Waals surface area (Å²) in [6.07, 6.45) is 0. The SMILES string of the molecule is Fc1ccc(N(c2ccc(-c3cc(-c4ccccc4)c4ccccc4c3)cc2)c2ccc(-c3cc(-c4ccccc4)c4ccccc4c3)cc2)cc1. The molecule has 0 aromatic heterocycles. The molecule has 9 aromatic rings. The Balaban J connectivity index is 1.10. The van der Waals surface area contributed by atoms with Crippen LogP contribution >= 0.6 is 0 Å². The number of halogens is 1. The van der Waals surface area contributed by atoms with Gasteiger partial charge in [0, 0.05) is 17.1 Å². The maximum Gasteiger partial charge on any atom is 0.123 e. The predicted molar refractivity (Wildman–Crippen MR) is 218 cm³/mol. The molecule has 1 nitrogen and oxygen atoms in total. The molecule has 0 aliphatic heterocycles. The quantitative estimate of drug-likeness (QED) is 0.163. The normalized spacial score (nSPS) is 11.2. The molecule has 0 amide bonds. The van der Waals surface area contributed by atoms with Crippen LogP contribution in [-0.2, 0) is 0 Å². The fourth-order valence-electron chi connectivity index (χ4n) is 7.31.